The predicted octanol–water partition coefficient (Wildman–Crippen LogP) is 4.28. The number of thiophene rings is 1. The van der Waals surface area contributed by atoms with Crippen molar-refractivity contribution in [1.82, 2.24) is 14.9 Å². The molecule has 1 saturated heterocycles. The molecule has 0 radical (unpaired) electrons. The van der Waals surface area contributed by atoms with Gasteiger partial charge in [-0.2, -0.15) is 4.98 Å². The van der Waals surface area contributed by atoms with E-state index in [2.05, 4.69) is 14.9 Å². The van der Waals surface area contributed by atoms with E-state index in [1.54, 1.807) is 16.2 Å². The van der Waals surface area contributed by atoms with Gasteiger partial charge in [-0.25, -0.2) is 9.78 Å². The highest BCUT2D eigenvalue weighted by molar-refractivity contribution is 7.19. The number of anilines is 1. The van der Waals surface area contributed by atoms with Crippen LogP contribution in [-0.2, 0) is 17.6 Å². The molecule has 6 nitrogen and oxygen atoms in total. The standard InChI is InChI=1S/C19H25ClN4O2S/c1-19(2,3)26-18(25)24-10-8-23(9-11-24)15-14-12-6-4-5-7-13(12)27-16(14)22-17(20)21-15/h4-11H2,1-3H3. The fraction of sp³-hybridized carbons (Fsp3) is 0.632. The average Bonchev–Trinajstić information content (AvgIpc) is 2.97. The molecule has 0 spiro atoms. The monoisotopic (exact) mass is 408 g/mol. The molecule has 146 valence electrons. The fourth-order valence-corrected chi connectivity index (χ4v) is 5.24. The molecule has 2 aromatic rings. The van der Waals surface area contributed by atoms with Crippen LogP contribution in [0.1, 0.15) is 44.1 Å². The molecule has 1 aliphatic carbocycles. The number of piperazine rings is 1. The first-order valence-corrected chi connectivity index (χ1v) is 10.7. The zero-order valence-corrected chi connectivity index (χ0v) is 17.6. The molecule has 27 heavy (non-hydrogen) atoms. The Hall–Kier alpha value is -1.60. The molecule has 1 amide bonds. The number of rotatable bonds is 1. The normalized spacial score (nSPS) is 17.9. The lowest BCUT2D eigenvalue weighted by Crippen LogP contribution is -2.50. The smallest absolute Gasteiger partial charge is 0.410 e. The van der Waals surface area contributed by atoms with E-state index in [-0.39, 0.29) is 6.09 Å². The first kappa shape index (κ1) is 18.7. The van der Waals surface area contributed by atoms with Gasteiger partial charge < -0.3 is 14.5 Å². The number of hydrogen-bond donors (Lipinski definition) is 0. The largest absolute Gasteiger partial charge is 0.444 e. The number of aromatic nitrogens is 2. The van der Waals surface area contributed by atoms with Crippen LogP contribution in [0.15, 0.2) is 0 Å². The zero-order valence-electron chi connectivity index (χ0n) is 16.0. The Morgan fingerprint density at radius 2 is 1.81 bits per heavy atom. The van der Waals surface area contributed by atoms with Gasteiger partial charge in [-0.15, -0.1) is 11.3 Å². The minimum atomic E-state index is -0.476. The molecule has 2 aromatic heterocycles. The van der Waals surface area contributed by atoms with Gasteiger partial charge in [0.1, 0.15) is 16.2 Å². The molecule has 0 N–H and O–H groups in total. The molecule has 1 fully saturated rings. The van der Waals surface area contributed by atoms with E-state index in [9.17, 15) is 4.79 Å². The van der Waals surface area contributed by atoms with Gasteiger partial charge in [0, 0.05) is 31.1 Å². The van der Waals surface area contributed by atoms with Crippen LogP contribution in [-0.4, -0.2) is 52.7 Å². The van der Waals surface area contributed by atoms with Crippen LogP contribution >= 0.6 is 22.9 Å². The number of carbonyl (C=O) groups is 1. The van der Waals surface area contributed by atoms with Crippen molar-refractivity contribution < 1.29 is 9.53 Å². The predicted molar refractivity (Wildman–Crippen MR) is 109 cm³/mol. The van der Waals surface area contributed by atoms with Gasteiger partial charge in [-0.1, -0.05) is 0 Å². The average molecular weight is 409 g/mol. The second-order valence-electron chi connectivity index (χ2n) is 8.16. The summed E-state index contributed by atoms with van der Waals surface area (Å²) in [4.78, 5) is 27.8. The van der Waals surface area contributed by atoms with E-state index in [0.29, 0.717) is 31.5 Å². The summed E-state index contributed by atoms with van der Waals surface area (Å²) in [5.41, 5.74) is 0.929. The number of nitrogens with zero attached hydrogens (tertiary/aromatic N) is 4. The van der Waals surface area contributed by atoms with Crippen LogP contribution in [0.2, 0.25) is 5.28 Å². The third-order valence-electron chi connectivity index (χ3n) is 5.00. The van der Waals surface area contributed by atoms with Crippen molar-refractivity contribution in [2.24, 2.45) is 0 Å². The SMILES string of the molecule is CC(C)(C)OC(=O)N1CCN(c2nc(Cl)nc3sc4c(c23)CCCC4)CC1. The number of amides is 1. The Morgan fingerprint density at radius 1 is 1.11 bits per heavy atom. The van der Waals surface area contributed by atoms with E-state index in [1.807, 2.05) is 20.8 Å². The molecule has 3 heterocycles. The Labute approximate surface area is 168 Å². The Balaban J connectivity index is 1.57. The summed E-state index contributed by atoms with van der Waals surface area (Å²) in [6, 6.07) is 0. The van der Waals surface area contributed by atoms with Gasteiger partial charge in [0.15, 0.2) is 0 Å². The lowest BCUT2D eigenvalue weighted by Gasteiger charge is -2.36. The maximum absolute atomic E-state index is 12.3. The summed E-state index contributed by atoms with van der Waals surface area (Å²) in [6.45, 7) is 8.33. The molecule has 8 heteroatoms. The summed E-state index contributed by atoms with van der Waals surface area (Å²) < 4.78 is 5.49. The number of ether oxygens (including phenoxy) is 1. The quantitative estimate of drug-likeness (QED) is 0.659. The number of aryl methyl sites for hydroxylation is 2. The van der Waals surface area contributed by atoms with Crippen molar-refractivity contribution in [1.29, 1.82) is 0 Å². The molecular formula is C19H25ClN4O2S. The molecule has 0 aromatic carbocycles. The maximum atomic E-state index is 12.3. The van der Waals surface area contributed by atoms with E-state index in [0.717, 1.165) is 23.5 Å². The number of hydrogen-bond acceptors (Lipinski definition) is 6. The molecule has 0 saturated carbocycles. The number of carbonyl (C=O) groups excluding carboxylic acids is 1. The van der Waals surface area contributed by atoms with E-state index in [4.69, 9.17) is 16.3 Å². The highest BCUT2D eigenvalue weighted by atomic mass is 35.5. The minimum Gasteiger partial charge on any atom is -0.444 e. The topological polar surface area (TPSA) is 58.6 Å². The van der Waals surface area contributed by atoms with Crippen molar-refractivity contribution >= 4 is 45.1 Å². The molecule has 0 atom stereocenters. The van der Waals surface area contributed by atoms with Crippen molar-refractivity contribution in [3.63, 3.8) is 0 Å². The fourth-order valence-electron chi connectivity index (χ4n) is 3.77. The lowest BCUT2D eigenvalue weighted by atomic mass is 9.97. The lowest BCUT2D eigenvalue weighted by molar-refractivity contribution is 0.0240. The Morgan fingerprint density at radius 3 is 2.52 bits per heavy atom. The van der Waals surface area contributed by atoms with E-state index in [1.165, 1.54) is 28.7 Å². The van der Waals surface area contributed by atoms with Gasteiger partial charge in [-0.05, 0) is 63.6 Å². The highest BCUT2D eigenvalue weighted by Crippen LogP contribution is 2.40. The summed E-state index contributed by atoms with van der Waals surface area (Å²) >= 11 is 7.99. The van der Waals surface area contributed by atoms with Crippen LogP contribution in [0, 0.1) is 0 Å². The molecule has 4 rings (SSSR count). The van der Waals surface area contributed by atoms with E-state index < -0.39 is 5.60 Å². The molecule has 2 aliphatic rings. The van der Waals surface area contributed by atoms with Crippen LogP contribution in [0.4, 0.5) is 10.6 Å². The summed E-state index contributed by atoms with van der Waals surface area (Å²) in [7, 11) is 0. The highest BCUT2D eigenvalue weighted by Gasteiger charge is 2.29. The molecule has 0 unspecified atom stereocenters. The second kappa shape index (κ2) is 7.09. The third-order valence-corrected chi connectivity index (χ3v) is 6.35. The minimum absolute atomic E-state index is 0.249. The first-order valence-electron chi connectivity index (χ1n) is 9.52. The van der Waals surface area contributed by atoms with Gasteiger partial charge in [0.05, 0.1) is 5.39 Å². The second-order valence-corrected chi connectivity index (χ2v) is 9.58. The summed E-state index contributed by atoms with van der Waals surface area (Å²) in [6.07, 6.45) is 4.42. The molecule has 1 aliphatic heterocycles. The van der Waals surface area contributed by atoms with Gasteiger partial charge in [0.25, 0.3) is 0 Å². The van der Waals surface area contributed by atoms with Crippen molar-refractivity contribution in [2.75, 3.05) is 31.1 Å². The molecule has 0 bridgehead atoms. The number of halogens is 1. The van der Waals surface area contributed by atoms with Crippen LogP contribution in [0.3, 0.4) is 0 Å². The molecular weight excluding hydrogens is 384 g/mol. The van der Waals surface area contributed by atoms with Crippen molar-refractivity contribution in [3.8, 4) is 0 Å². The zero-order chi connectivity index (χ0) is 19.2. The van der Waals surface area contributed by atoms with Crippen LogP contribution < -0.4 is 4.90 Å². The Kier molecular flexibility index (Phi) is 4.93. The van der Waals surface area contributed by atoms with Crippen molar-refractivity contribution in [3.05, 3.63) is 15.7 Å². The van der Waals surface area contributed by atoms with E-state index >= 15 is 0 Å². The summed E-state index contributed by atoms with van der Waals surface area (Å²) in [5.74, 6) is 0.924. The summed E-state index contributed by atoms with van der Waals surface area (Å²) in [5, 5.41) is 1.47. The van der Waals surface area contributed by atoms with Gasteiger partial charge >= 0.3 is 6.09 Å². The number of fused-ring (bicyclic) bond motifs is 3. The Bertz CT molecular complexity index is 869. The third kappa shape index (κ3) is 3.85. The first-order chi connectivity index (χ1) is 12.8. The van der Waals surface area contributed by atoms with Gasteiger partial charge in [-0.3, -0.25) is 0 Å². The van der Waals surface area contributed by atoms with Crippen LogP contribution in [0.5, 0.6) is 0 Å². The van der Waals surface area contributed by atoms with Gasteiger partial charge in [0.2, 0.25) is 5.28 Å². The van der Waals surface area contributed by atoms with Crippen LogP contribution in [0.25, 0.3) is 10.2 Å². The van der Waals surface area contributed by atoms with Crippen molar-refractivity contribution in [2.45, 2.75) is 52.1 Å². The maximum Gasteiger partial charge on any atom is 0.410 e.